The van der Waals surface area contributed by atoms with E-state index in [1.165, 1.54) is 25.7 Å². The summed E-state index contributed by atoms with van der Waals surface area (Å²) in [5.41, 5.74) is -0.324. The third kappa shape index (κ3) is 1.50. The lowest BCUT2D eigenvalue weighted by atomic mass is 9.57. The van der Waals surface area contributed by atoms with Crippen molar-refractivity contribution in [2.24, 2.45) is 23.7 Å². The maximum absolute atomic E-state index is 10.8. The molecule has 0 radical (unpaired) electrons. The molecule has 3 aliphatic carbocycles. The second kappa shape index (κ2) is 3.52. The van der Waals surface area contributed by atoms with Gasteiger partial charge in [0.15, 0.2) is 0 Å². The lowest BCUT2D eigenvalue weighted by Crippen LogP contribution is -2.53. The number of hydrogen-bond donors (Lipinski definition) is 1. The molecule has 14 heavy (non-hydrogen) atoms. The van der Waals surface area contributed by atoms with Gasteiger partial charge in [-0.25, -0.2) is 0 Å². The molecular formula is C13H24O. The van der Waals surface area contributed by atoms with Gasteiger partial charge in [-0.05, 0) is 55.8 Å². The highest BCUT2D eigenvalue weighted by atomic mass is 16.3. The highest BCUT2D eigenvalue weighted by Crippen LogP contribution is 2.51. The van der Waals surface area contributed by atoms with Crippen LogP contribution in [0, 0.1) is 23.7 Å². The summed E-state index contributed by atoms with van der Waals surface area (Å²) in [6.07, 6.45) is 6.38. The molecule has 0 aromatic rings. The zero-order valence-electron chi connectivity index (χ0n) is 9.79. The summed E-state index contributed by atoms with van der Waals surface area (Å²) in [4.78, 5) is 0. The second-order valence-electron chi connectivity index (χ2n) is 5.95. The van der Waals surface area contributed by atoms with Crippen LogP contribution in [-0.4, -0.2) is 10.7 Å². The van der Waals surface area contributed by atoms with E-state index in [0.717, 1.165) is 12.3 Å². The fraction of sp³-hybridized carbons (Fsp3) is 1.00. The zero-order chi connectivity index (χ0) is 10.3. The van der Waals surface area contributed by atoms with Gasteiger partial charge in [-0.15, -0.1) is 0 Å². The van der Waals surface area contributed by atoms with E-state index < -0.39 is 0 Å². The Morgan fingerprint density at radius 3 is 2.00 bits per heavy atom. The summed E-state index contributed by atoms with van der Waals surface area (Å²) in [5.74, 6) is 2.51. The van der Waals surface area contributed by atoms with Gasteiger partial charge in [0.1, 0.15) is 0 Å². The smallest absolute Gasteiger partial charge is 0.0706 e. The molecule has 2 atom stereocenters. The van der Waals surface area contributed by atoms with E-state index in [0.29, 0.717) is 17.8 Å². The van der Waals surface area contributed by atoms with Crippen molar-refractivity contribution in [3.05, 3.63) is 0 Å². The summed E-state index contributed by atoms with van der Waals surface area (Å²) in [6.45, 7) is 6.72. The first-order valence-electron chi connectivity index (χ1n) is 6.26. The van der Waals surface area contributed by atoms with Crippen LogP contribution in [0.5, 0.6) is 0 Å². The van der Waals surface area contributed by atoms with Crippen molar-refractivity contribution < 1.29 is 5.11 Å². The molecule has 0 amide bonds. The van der Waals surface area contributed by atoms with E-state index >= 15 is 0 Å². The number of hydrogen-bond acceptors (Lipinski definition) is 1. The van der Waals surface area contributed by atoms with Crippen molar-refractivity contribution in [2.75, 3.05) is 0 Å². The molecule has 1 heteroatoms. The molecule has 82 valence electrons. The molecule has 3 rings (SSSR count). The van der Waals surface area contributed by atoms with Crippen LogP contribution in [0.15, 0.2) is 0 Å². The quantitative estimate of drug-likeness (QED) is 0.719. The molecule has 0 saturated heterocycles. The SMILES string of the molecule is CC(C)C(C)C1(O)CC2CCC1CC2. The Labute approximate surface area is 87.9 Å². The molecule has 0 spiro atoms. The van der Waals surface area contributed by atoms with Crippen molar-refractivity contribution in [3.63, 3.8) is 0 Å². The molecule has 3 saturated carbocycles. The van der Waals surface area contributed by atoms with Crippen LogP contribution in [0.1, 0.15) is 52.9 Å². The minimum atomic E-state index is -0.324. The maximum atomic E-state index is 10.8. The topological polar surface area (TPSA) is 20.2 Å². The minimum absolute atomic E-state index is 0.324. The van der Waals surface area contributed by atoms with Crippen molar-refractivity contribution in [1.29, 1.82) is 0 Å². The van der Waals surface area contributed by atoms with E-state index in [4.69, 9.17) is 0 Å². The van der Waals surface area contributed by atoms with Crippen LogP contribution in [0.25, 0.3) is 0 Å². The summed E-state index contributed by atoms with van der Waals surface area (Å²) >= 11 is 0. The van der Waals surface area contributed by atoms with E-state index in [-0.39, 0.29) is 5.60 Å². The average Bonchev–Trinajstić information content (AvgIpc) is 2.18. The molecule has 3 aliphatic rings. The Bertz CT molecular complexity index is 199. The van der Waals surface area contributed by atoms with Gasteiger partial charge in [0.25, 0.3) is 0 Å². The van der Waals surface area contributed by atoms with Gasteiger partial charge in [-0.1, -0.05) is 20.8 Å². The van der Waals surface area contributed by atoms with E-state index in [1.807, 2.05) is 0 Å². The average molecular weight is 196 g/mol. The van der Waals surface area contributed by atoms with E-state index in [9.17, 15) is 5.11 Å². The minimum Gasteiger partial charge on any atom is -0.389 e. The van der Waals surface area contributed by atoms with Crippen molar-refractivity contribution >= 4 is 0 Å². The van der Waals surface area contributed by atoms with Gasteiger partial charge < -0.3 is 5.11 Å². The standard InChI is InChI=1S/C13H24O/c1-9(2)10(3)13(14)8-11-4-6-12(13)7-5-11/h9-12,14H,4-8H2,1-3H3. The fourth-order valence-corrected chi connectivity index (χ4v) is 3.63. The molecule has 0 aromatic carbocycles. The lowest BCUT2D eigenvalue weighted by Gasteiger charge is -2.52. The Balaban J connectivity index is 2.15. The third-order valence-corrected chi connectivity index (χ3v) is 4.96. The van der Waals surface area contributed by atoms with Gasteiger partial charge in [0.05, 0.1) is 5.60 Å². The highest BCUT2D eigenvalue weighted by molar-refractivity contribution is 5.00. The largest absolute Gasteiger partial charge is 0.389 e. The van der Waals surface area contributed by atoms with Crippen molar-refractivity contribution in [3.8, 4) is 0 Å². The van der Waals surface area contributed by atoms with Crippen LogP contribution >= 0.6 is 0 Å². The predicted octanol–water partition coefficient (Wildman–Crippen LogP) is 3.22. The molecule has 3 fully saturated rings. The first kappa shape index (κ1) is 10.5. The summed E-state index contributed by atoms with van der Waals surface area (Å²) in [5, 5.41) is 10.8. The van der Waals surface area contributed by atoms with Crippen LogP contribution in [0.4, 0.5) is 0 Å². The fourth-order valence-electron chi connectivity index (χ4n) is 3.63. The Morgan fingerprint density at radius 1 is 1.07 bits per heavy atom. The van der Waals surface area contributed by atoms with E-state index in [2.05, 4.69) is 20.8 Å². The summed E-state index contributed by atoms with van der Waals surface area (Å²) < 4.78 is 0. The van der Waals surface area contributed by atoms with Crippen molar-refractivity contribution in [1.82, 2.24) is 0 Å². The monoisotopic (exact) mass is 196 g/mol. The van der Waals surface area contributed by atoms with Crippen LogP contribution in [0.2, 0.25) is 0 Å². The van der Waals surface area contributed by atoms with Gasteiger partial charge in [-0.2, -0.15) is 0 Å². The first-order valence-corrected chi connectivity index (χ1v) is 6.26. The number of fused-ring (bicyclic) bond motifs is 3. The molecule has 0 aliphatic heterocycles. The summed E-state index contributed by atoms with van der Waals surface area (Å²) in [6, 6.07) is 0. The van der Waals surface area contributed by atoms with Gasteiger partial charge in [0.2, 0.25) is 0 Å². The molecular weight excluding hydrogens is 172 g/mol. The first-order chi connectivity index (χ1) is 6.54. The Morgan fingerprint density at radius 2 is 1.64 bits per heavy atom. The normalized spacial score (nSPS) is 44.4. The zero-order valence-corrected chi connectivity index (χ0v) is 9.79. The number of rotatable bonds is 2. The van der Waals surface area contributed by atoms with Gasteiger partial charge in [-0.3, -0.25) is 0 Å². The van der Waals surface area contributed by atoms with Gasteiger partial charge in [0, 0.05) is 0 Å². The Kier molecular flexibility index (Phi) is 2.63. The molecule has 0 aromatic heterocycles. The van der Waals surface area contributed by atoms with Gasteiger partial charge >= 0.3 is 0 Å². The molecule has 2 unspecified atom stereocenters. The lowest BCUT2D eigenvalue weighted by molar-refractivity contribution is -0.141. The third-order valence-electron chi connectivity index (χ3n) is 4.96. The second-order valence-corrected chi connectivity index (χ2v) is 5.95. The molecule has 1 nitrogen and oxygen atoms in total. The van der Waals surface area contributed by atoms with Crippen molar-refractivity contribution in [2.45, 2.75) is 58.5 Å². The summed E-state index contributed by atoms with van der Waals surface area (Å²) in [7, 11) is 0. The highest BCUT2D eigenvalue weighted by Gasteiger charge is 2.49. The molecule has 2 bridgehead atoms. The number of aliphatic hydroxyl groups is 1. The van der Waals surface area contributed by atoms with Crippen LogP contribution in [-0.2, 0) is 0 Å². The predicted molar refractivity (Wildman–Crippen MR) is 59.0 cm³/mol. The Hall–Kier alpha value is -0.0400. The molecule has 0 heterocycles. The van der Waals surface area contributed by atoms with E-state index in [1.54, 1.807) is 0 Å². The van der Waals surface area contributed by atoms with Crippen LogP contribution in [0.3, 0.4) is 0 Å². The van der Waals surface area contributed by atoms with Crippen LogP contribution < -0.4 is 0 Å². The molecule has 1 N–H and O–H groups in total. The maximum Gasteiger partial charge on any atom is 0.0706 e.